The van der Waals surface area contributed by atoms with E-state index in [1.165, 1.54) is 6.92 Å². The minimum Gasteiger partial charge on any atom is -0.321 e. The van der Waals surface area contributed by atoms with Gasteiger partial charge >= 0.3 is 0 Å². The van der Waals surface area contributed by atoms with Crippen LogP contribution < -0.4 is 5.73 Å². The first-order chi connectivity index (χ1) is 4.59. The zero-order valence-corrected chi connectivity index (χ0v) is 6.39. The summed E-state index contributed by atoms with van der Waals surface area (Å²) in [5.74, 6) is -0.900. The molecule has 0 heterocycles. The largest absolute Gasteiger partial charge is 0.321 e. The third-order valence-electron chi connectivity index (χ3n) is 1.28. The molecule has 0 fully saturated rings. The second-order valence-corrected chi connectivity index (χ2v) is 2.32. The summed E-state index contributed by atoms with van der Waals surface area (Å²) in [6.45, 7) is 3.17. The van der Waals surface area contributed by atoms with Gasteiger partial charge in [-0.3, -0.25) is 9.59 Å². The van der Waals surface area contributed by atoms with Gasteiger partial charge in [0.25, 0.3) is 0 Å². The van der Waals surface area contributed by atoms with E-state index in [1.54, 1.807) is 0 Å². The van der Waals surface area contributed by atoms with Crippen molar-refractivity contribution >= 4 is 11.6 Å². The molecule has 3 nitrogen and oxygen atoms in total. The van der Waals surface area contributed by atoms with Gasteiger partial charge in [-0.05, 0) is 6.42 Å². The molecular weight excluding hydrogens is 130 g/mol. The third kappa shape index (κ3) is 2.73. The molecule has 0 aliphatic carbocycles. The lowest BCUT2D eigenvalue weighted by molar-refractivity contribution is -0.136. The summed E-state index contributed by atoms with van der Waals surface area (Å²) in [6, 6.07) is -0.581. The van der Waals surface area contributed by atoms with E-state index in [0.29, 0.717) is 6.42 Å². The minimum absolute atomic E-state index is 0.444. The van der Waals surface area contributed by atoms with Crippen molar-refractivity contribution < 1.29 is 9.59 Å². The van der Waals surface area contributed by atoms with Crippen LogP contribution in [-0.2, 0) is 9.59 Å². The standard InChI is InChI=1S/C7H13NO2/c1-3-4-6(8)7(10)5(2)9/h6H,3-4,8H2,1-2H3. The Labute approximate surface area is 60.6 Å². The summed E-state index contributed by atoms with van der Waals surface area (Å²) >= 11 is 0. The van der Waals surface area contributed by atoms with Gasteiger partial charge in [0.1, 0.15) is 0 Å². The molecule has 0 aromatic heterocycles. The monoisotopic (exact) mass is 143 g/mol. The molecule has 58 valence electrons. The fourth-order valence-electron chi connectivity index (χ4n) is 0.703. The summed E-state index contributed by atoms with van der Waals surface area (Å²) in [4.78, 5) is 21.2. The summed E-state index contributed by atoms with van der Waals surface area (Å²) < 4.78 is 0. The van der Waals surface area contributed by atoms with Crippen molar-refractivity contribution in [2.24, 2.45) is 5.73 Å². The van der Waals surface area contributed by atoms with E-state index in [0.717, 1.165) is 6.42 Å². The van der Waals surface area contributed by atoms with E-state index in [-0.39, 0.29) is 0 Å². The maximum Gasteiger partial charge on any atom is 0.214 e. The molecule has 0 aliphatic heterocycles. The van der Waals surface area contributed by atoms with Gasteiger partial charge in [0, 0.05) is 6.92 Å². The van der Waals surface area contributed by atoms with Crippen LogP contribution in [0.15, 0.2) is 0 Å². The van der Waals surface area contributed by atoms with Crippen LogP contribution >= 0.6 is 0 Å². The lowest BCUT2D eigenvalue weighted by Gasteiger charge is -2.04. The van der Waals surface area contributed by atoms with E-state index in [2.05, 4.69) is 0 Å². The molecule has 0 rings (SSSR count). The van der Waals surface area contributed by atoms with E-state index in [1.807, 2.05) is 6.92 Å². The fourth-order valence-corrected chi connectivity index (χ4v) is 0.703. The van der Waals surface area contributed by atoms with E-state index >= 15 is 0 Å². The molecule has 10 heavy (non-hydrogen) atoms. The molecule has 1 atom stereocenters. The molecule has 0 radical (unpaired) electrons. The Morgan fingerprint density at radius 3 is 2.30 bits per heavy atom. The molecule has 0 bridgehead atoms. The SMILES string of the molecule is CCCC(N)C(=O)C(C)=O. The summed E-state index contributed by atoms with van der Waals surface area (Å²) in [6.07, 6.45) is 1.43. The average molecular weight is 143 g/mol. The smallest absolute Gasteiger partial charge is 0.214 e. The number of carbonyl (C=O) groups is 2. The number of hydrogen-bond acceptors (Lipinski definition) is 3. The van der Waals surface area contributed by atoms with Crippen molar-refractivity contribution in [3.05, 3.63) is 0 Å². The lowest BCUT2D eigenvalue weighted by atomic mass is 10.1. The first-order valence-electron chi connectivity index (χ1n) is 3.40. The van der Waals surface area contributed by atoms with Gasteiger partial charge < -0.3 is 5.73 Å². The maximum atomic E-state index is 10.8. The highest BCUT2D eigenvalue weighted by Crippen LogP contribution is 1.94. The quantitative estimate of drug-likeness (QED) is 0.575. The first kappa shape index (κ1) is 9.30. The highest BCUT2D eigenvalue weighted by Gasteiger charge is 2.15. The summed E-state index contributed by atoms with van der Waals surface area (Å²) in [5, 5.41) is 0. The fraction of sp³-hybridized carbons (Fsp3) is 0.714. The number of hydrogen-bond donors (Lipinski definition) is 1. The highest BCUT2D eigenvalue weighted by atomic mass is 16.2. The predicted octanol–water partition coefficient (Wildman–Crippen LogP) is 0.272. The van der Waals surface area contributed by atoms with Gasteiger partial charge in [-0.2, -0.15) is 0 Å². The van der Waals surface area contributed by atoms with Gasteiger partial charge in [0.05, 0.1) is 6.04 Å². The van der Waals surface area contributed by atoms with Crippen molar-refractivity contribution in [2.75, 3.05) is 0 Å². The number of carbonyl (C=O) groups excluding carboxylic acids is 2. The Balaban J connectivity index is 3.82. The Hall–Kier alpha value is -0.700. The number of ketones is 2. The van der Waals surface area contributed by atoms with Crippen LogP contribution in [0.1, 0.15) is 26.7 Å². The van der Waals surface area contributed by atoms with Crippen molar-refractivity contribution in [2.45, 2.75) is 32.7 Å². The summed E-state index contributed by atoms with van der Waals surface area (Å²) in [5.41, 5.74) is 5.36. The van der Waals surface area contributed by atoms with Crippen LogP contribution in [0.25, 0.3) is 0 Å². The molecule has 3 heteroatoms. The second-order valence-electron chi connectivity index (χ2n) is 2.32. The molecule has 0 spiro atoms. The Bertz CT molecular complexity index is 143. The maximum absolute atomic E-state index is 10.8. The third-order valence-corrected chi connectivity index (χ3v) is 1.28. The second kappa shape index (κ2) is 4.17. The normalized spacial score (nSPS) is 12.7. The Kier molecular flexibility index (Phi) is 3.88. The molecule has 0 aromatic carbocycles. The van der Waals surface area contributed by atoms with Crippen LogP contribution in [0.5, 0.6) is 0 Å². The molecular formula is C7H13NO2. The molecule has 0 aliphatic rings. The van der Waals surface area contributed by atoms with E-state index < -0.39 is 17.6 Å². The van der Waals surface area contributed by atoms with Gasteiger partial charge in [0.2, 0.25) is 5.78 Å². The molecule has 0 amide bonds. The highest BCUT2D eigenvalue weighted by molar-refractivity contribution is 6.38. The number of Topliss-reactive ketones (excluding diaryl/α,β-unsaturated/α-hetero) is 2. The molecule has 0 saturated carbocycles. The molecule has 0 aromatic rings. The van der Waals surface area contributed by atoms with Crippen LogP contribution in [0, 0.1) is 0 Å². The first-order valence-corrected chi connectivity index (χ1v) is 3.40. The Morgan fingerprint density at radius 1 is 1.50 bits per heavy atom. The molecule has 0 saturated heterocycles. The van der Waals surface area contributed by atoms with Gasteiger partial charge in [-0.15, -0.1) is 0 Å². The van der Waals surface area contributed by atoms with Crippen LogP contribution in [0.4, 0.5) is 0 Å². The average Bonchev–Trinajstić information content (AvgIpc) is 1.87. The predicted molar refractivity (Wildman–Crippen MR) is 38.6 cm³/mol. The Morgan fingerprint density at radius 2 is 2.00 bits per heavy atom. The zero-order valence-electron chi connectivity index (χ0n) is 6.39. The molecule has 2 N–H and O–H groups in total. The number of nitrogens with two attached hydrogens (primary N) is 1. The van der Waals surface area contributed by atoms with Crippen molar-refractivity contribution in [1.29, 1.82) is 0 Å². The topological polar surface area (TPSA) is 60.2 Å². The van der Waals surface area contributed by atoms with Crippen LogP contribution in [0.3, 0.4) is 0 Å². The van der Waals surface area contributed by atoms with Crippen LogP contribution in [0.2, 0.25) is 0 Å². The number of rotatable bonds is 4. The zero-order chi connectivity index (χ0) is 8.15. The van der Waals surface area contributed by atoms with Crippen molar-refractivity contribution in [1.82, 2.24) is 0 Å². The summed E-state index contributed by atoms with van der Waals surface area (Å²) in [7, 11) is 0. The van der Waals surface area contributed by atoms with Gasteiger partial charge in [0.15, 0.2) is 5.78 Å². The molecule has 1 unspecified atom stereocenters. The van der Waals surface area contributed by atoms with E-state index in [9.17, 15) is 9.59 Å². The van der Waals surface area contributed by atoms with Crippen LogP contribution in [-0.4, -0.2) is 17.6 Å². The van der Waals surface area contributed by atoms with Crippen molar-refractivity contribution in [3.8, 4) is 0 Å². The lowest BCUT2D eigenvalue weighted by Crippen LogP contribution is -2.34. The van der Waals surface area contributed by atoms with Gasteiger partial charge in [-0.1, -0.05) is 13.3 Å². The van der Waals surface area contributed by atoms with E-state index in [4.69, 9.17) is 5.73 Å². The minimum atomic E-state index is -0.581. The van der Waals surface area contributed by atoms with Crippen molar-refractivity contribution in [3.63, 3.8) is 0 Å². The van der Waals surface area contributed by atoms with Gasteiger partial charge in [-0.25, -0.2) is 0 Å².